The van der Waals surface area contributed by atoms with Gasteiger partial charge in [-0.05, 0) is 25.5 Å². The van der Waals surface area contributed by atoms with Crippen LogP contribution in [-0.2, 0) is 4.79 Å². The first-order valence-electron chi connectivity index (χ1n) is 4.61. The molecule has 0 aromatic heterocycles. The van der Waals surface area contributed by atoms with E-state index in [1.54, 1.807) is 6.92 Å². The van der Waals surface area contributed by atoms with Crippen molar-refractivity contribution in [3.8, 4) is 0 Å². The van der Waals surface area contributed by atoms with Gasteiger partial charge in [0.05, 0.1) is 0 Å². The molecule has 0 aliphatic carbocycles. The molecule has 0 radical (unpaired) electrons. The van der Waals surface area contributed by atoms with E-state index in [2.05, 4.69) is 20.8 Å². The molecule has 0 rings (SSSR count). The molecule has 1 nitrogen and oxygen atoms in total. The standard InChI is InChI=1S/C10H20OS/c1-5-8-12-10(3,4)7-6-9(2)11/h5-8H2,1-4H3. The summed E-state index contributed by atoms with van der Waals surface area (Å²) in [4.78, 5) is 10.8. The van der Waals surface area contributed by atoms with E-state index < -0.39 is 0 Å². The lowest BCUT2D eigenvalue weighted by Gasteiger charge is -2.23. The molecule has 0 N–H and O–H groups in total. The van der Waals surface area contributed by atoms with Crippen LogP contribution in [0.1, 0.15) is 47.0 Å². The fourth-order valence-electron chi connectivity index (χ4n) is 0.928. The highest BCUT2D eigenvalue weighted by molar-refractivity contribution is 8.00. The Hall–Kier alpha value is 0.0200. The summed E-state index contributed by atoms with van der Waals surface area (Å²) in [5, 5.41) is 0. The monoisotopic (exact) mass is 188 g/mol. The van der Waals surface area contributed by atoms with E-state index in [0.29, 0.717) is 5.78 Å². The maximum atomic E-state index is 10.8. The van der Waals surface area contributed by atoms with Crippen LogP contribution in [-0.4, -0.2) is 16.3 Å². The first kappa shape index (κ1) is 12.0. The number of hydrogen-bond acceptors (Lipinski definition) is 2. The quantitative estimate of drug-likeness (QED) is 0.636. The number of carbonyl (C=O) groups is 1. The van der Waals surface area contributed by atoms with Gasteiger partial charge >= 0.3 is 0 Å². The van der Waals surface area contributed by atoms with E-state index in [1.165, 1.54) is 12.2 Å². The Morgan fingerprint density at radius 2 is 2.00 bits per heavy atom. The summed E-state index contributed by atoms with van der Waals surface area (Å²) in [6.45, 7) is 8.29. The van der Waals surface area contributed by atoms with Gasteiger partial charge in [-0.3, -0.25) is 0 Å². The van der Waals surface area contributed by atoms with Gasteiger partial charge in [0.25, 0.3) is 0 Å². The third-order valence-corrected chi connectivity index (χ3v) is 3.37. The fraction of sp³-hybridized carbons (Fsp3) is 0.900. The van der Waals surface area contributed by atoms with Crippen LogP contribution < -0.4 is 0 Å². The van der Waals surface area contributed by atoms with Crippen LogP contribution >= 0.6 is 11.8 Å². The first-order chi connectivity index (χ1) is 5.48. The van der Waals surface area contributed by atoms with E-state index in [9.17, 15) is 4.79 Å². The average molecular weight is 188 g/mol. The van der Waals surface area contributed by atoms with E-state index in [1.807, 2.05) is 11.8 Å². The maximum absolute atomic E-state index is 10.8. The molecule has 0 fully saturated rings. The van der Waals surface area contributed by atoms with Gasteiger partial charge in [0.15, 0.2) is 0 Å². The Labute approximate surface area is 80.3 Å². The molecule has 0 heterocycles. The number of carbonyl (C=O) groups excluding carboxylic acids is 1. The Kier molecular flexibility index (Phi) is 5.64. The van der Waals surface area contributed by atoms with Crippen LogP contribution in [0.25, 0.3) is 0 Å². The van der Waals surface area contributed by atoms with Crippen molar-refractivity contribution in [3.05, 3.63) is 0 Å². The van der Waals surface area contributed by atoms with Gasteiger partial charge in [-0.1, -0.05) is 20.8 Å². The molecule has 0 atom stereocenters. The summed E-state index contributed by atoms with van der Waals surface area (Å²) < 4.78 is 0.279. The molecule has 0 aliphatic heterocycles. The Bertz CT molecular complexity index is 141. The largest absolute Gasteiger partial charge is 0.300 e. The predicted molar refractivity (Wildman–Crippen MR) is 56.7 cm³/mol. The average Bonchev–Trinajstić information content (AvgIpc) is 1.98. The van der Waals surface area contributed by atoms with Gasteiger partial charge in [-0.15, -0.1) is 0 Å². The third kappa shape index (κ3) is 6.71. The van der Waals surface area contributed by atoms with Crippen molar-refractivity contribution in [2.45, 2.75) is 51.7 Å². The van der Waals surface area contributed by atoms with Gasteiger partial charge in [-0.2, -0.15) is 11.8 Å². The summed E-state index contributed by atoms with van der Waals surface area (Å²) in [5.41, 5.74) is 0. The SMILES string of the molecule is CCCSC(C)(C)CCC(C)=O. The second-order valence-corrected chi connectivity index (χ2v) is 5.61. The van der Waals surface area contributed by atoms with E-state index >= 15 is 0 Å². The summed E-state index contributed by atoms with van der Waals surface area (Å²) in [6, 6.07) is 0. The Morgan fingerprint density at radius 1 is 1.42 bits per heavy atom. The van der Waals surface area contributed by atoms with Crippen LogP contribution in [0, 0.1) is 0 Å². The van der Waals surface area contributed by atoms with Crippen molar-refractivity contribution in [1.29, 1.82) is 0 Å². The summed E-state index contributed by atoms with van der Waals surface area (Å²) in [6.07, 6.45) is 2.95. The molecule has 72 valence electrons. The second kappa shape index (κ2) is 5.63. The van der Waals surface area contributed by atoms with Crippen molar-refractivity contribution in [2.75, 3.05) is 5.75 Å². The lowest BCUT2D eigenvalue weighted by Crippen LogP contribution is -2.16. The zero-order valence-electron chi connectivity index (χ0n) is 8.64. The number of hydrogen-bond donors (Lipinski definition) is 0. The lowest BCUT2D eigenvalue weighted by molar-refractivity contribution is -0.117. The van der Waals surface area contributed by atoms with Gasteiger partial charge < -0.3 is 4.79 Å². The molecular weight excluding hydrogens is 168 g/mol. The second-order valence-electron chi connectivity index (χ2n) is 3.81. The minimum Gasteiger partial charge on any atom is -0.300 e. The van der Waals surface area contributed by atoms with Crippen molar-refractivity contribution < 1.29 is 4.79 Å². The Balaban J connectivity index is 3.63. The van der Waals surface area contributed by atoms with E-state index in [0.717, 1.165) is 12.8 Å². The zero-order chi connectivity index (χ0) is 9.61. The smallest absolute Gasteiger partial charge is 0.129 e. The zero-order valence-corrected chi connectivity index (χ0v) is 9.46. The normalized spacial score (nSPS) is 11.7. The molecule has 0 aromatic carbocycles. The summed E-state index contributed by atoms with van der Waals surface area (Å²) in [5.74, 6) is 1.51. The van der Waals surface area contributed by atoms with Crippen LogP contribution in [0.2, 0.25) is 0 Å². The van der Waals surface area contributed by atoms with Crippen molar-refractivity contribution in [2.24, 2.45) is 0 Å². The molecule has 0 bridgehead atoms. The van der Waals surface area contributed by atoms with Crippen LogP contribution in [0.15, 0.2) is 0 Å². The topological polar surface area (TPSA) is 17.1 Å². The number of Topliss-reactive ketones (excluding diaryl/α,β-unsaturated/α-hetero) is 1. The summed E-state index contributed by atoms with van der Waals surface area (Å²) >= 11 is 1.97. The number of thioether (sulfide) groups is 1. The number of rotatable bonds is 6. The van der Waals surface area contributed by atoms with Gasteiger partial charge in [0, 0.05) is 11.2 Å². The van der Waals surface area contributed by atoms with Crippen molar-refractivity contribution in [3.63, 3.8) is 0 Å². The summed E-state index contributed by atoms with van der Waals surface area (Å²) in [7, 11) is 0. The molecule has 0 spiro atoms. The predicted octanol–water partition coefficient (Wildman–Crippen LogP) is 3.28. The molecule has 0 saturated carbocycles. The minimum absolute atomic E-state index is 0.279. The van der Waals surface area contributed by atoms with Crippen LogP contribution in [0.3, 0.4) is 0 Å². The molecule has 0 amide bonds. The Morgan fingerprint density at radius 3 is 2.42 bits per heavy atom. The van der Waals surface area contributed by atoms with E-state index in [-0.39, 0.29) is 4.75 Å². The molecule has 0 aliphatic rings. The third-order valence-electron chi connectivity index (χ3n) is 1.78. The highest BCUT2D eigenvalue weighted by Gasteiger charge is 2.17. The molecule has 2 heteroatoms. The van der Waals surface area contributed by atoms with Gasteiger partial charge in [-0.25, -0.2) is 0 Å². The van der Waals surface area contributed by atoms with Gasteiger partial charge in [0.2, 0.25) is 0 Å². The highest BCUT2D eigenvalue weighted by atomic mass is 32.2. The maximum Gasteiger partial charge on any atom is 0.129 e. The molecular formula is C10H20OS. The molecule has 0 saturated heterocycles. The van der Waals surface area contributed by atoms with Crippen molar-refractivity contribution >= 4 is 17.5 Å². The number of ketones is 1. The molecule has 12 heavy (non-hydrogen) atoms. The minimum atomic E-state index is 0.279. The lowest BCUT2D eigenvalue weighted by atomic mass is 10.1. The van der Waals surface area contributed by atoms with Gasteiger partial charge in [0.1, 0.15) is 5.78 Å². The molecule has 0 aromatic rings. The van der Waals surface area contributed by atoms with Crippen LogP contribution in [0.5, 0.6) is 0 Å². The van der Waals surface area contributed by atoms with Crippen LogP contribution in [0.4, 0.5) is 0 Å². The van der Waals surface area contributed by atoms with Crippen molar-refractivity contribution in [1.82, 2.24) is 0 Å². The highest BCUT2D eigenvalue weighted by Crippen LogP contribution is 2.29. The molecule has 0 unspecified atom stereocenters. The first-order valence-corrected chi connectivity index (χ1v) is 5.60. The fourth-order valence-corrected chi connectivity index (χ4v) is 1.93. The van der Waals surface area contributed by atoms with E-state index in [4.69, 9.17) is 0 Å².